The van der Waals surface area contributed by atoms with E-state index in [1.54, 1.807) is 37.0 Å². The summed E-state index contributed by atoms with van der Waals surface area (Å²) in [7, 11) is 1.60. The van der Waals surface area contributed by atoms with Crippen LogP contribution in [0.1, 0.15) is 23.1 Å². The van der Waals surface area contributed by atoms with Crippen LogP contribution in [0, 0.1) is 6.92 Å². The first-order valence-corrected chi connectivity index (χ1v) is 8.06. The molecule has 0 unspecified atom stereocenters. The van der Waals surface area contributed by atoms with Gasteiger partial charge in [-0.3, -0.25) is 14.6 Å². The van der Waals surface area contributed by atoms with E-state index in [0.717, 1.165) is 17.1 Å². The smallest absolute Gasteiger partial charge is 0.274 e. The van der Waals surface area contributed by atoms with E-state index in [1.807, 2.05) is 24.3 Å². The molecule has 0 radical (unpaired) electrons. The number of anilines is 1. The quantitative estimate of drug-likeness (QED) is 0.849. The minimum Gasteiger partial charge on any atom is -0.497 e. The fourth-order valence-corrected chi connectivity index (χ4v) is 2.82. The molecule has 0 aliphatic carbocycles. The van der Waals surface area contributed by atoms with Crippen molar-refractivity contribution in [1.82, 2.24) is 14.9 Å². The third-order valence-corrected chi connectivity index (χ3v) is 4.30. The summed E-state index contributed by atoms with van der Waals surface area (Å²) in [5.74, 6) is 0.337. The average molecular weight is 340 g/mol. The molecule has 7 heteroatoms. The first kappa shape index (κ1) is 16.9. The number of methoxy groups -OCH3 is 1. The summed E-state index contributed by atoms with van der Waals surface area (Å²) in [6.07, 6.45) is 3.00. The molecule has 0 bridgehead atoms. The van der Waals surface area contributed by atoms with E-state index >= 15 is 0 Å². The summed E-state index contributed by atoms with van der Waals surface area (Å²) in [5.41, 5.74) is 1.79. The molecule has 3 rings (SSSR count). The van der Waals surface area contributed by atoms with Crippen LogP contribution in [0.3, 0.4) is 0 Å². The summed E-state index contributed by atoms with van der Waals surface area (Å²) in [6, 6.07) is 6.74. The van der Waals surface area contributed by atoms with Crippen LogP contribution in [-0.4, -0.2) is 52.9 Å². The molecule has 1 aliphatic heterocycles. The molecule has 1 fully saturated rings. The summed E-state index contributed by atoms with van der Waals surface area (Å²) in [4.78, 5) is 36.8. The summed E-state index contributed by atoms with van der Waals surface area (Å²) < 4.78 is 5.14. The van der Waals surface area contributed by atoms with Gasteiger partial charge < -0.3 is 14.5 Å². The van der Waals surface area contributed by atoms with Crippen LogP contribution in [0.4, 0.5) is 5.69 Å². The van der Waals surface area contributed by atoms with Gasteiger partial charge >= 0.3 is 0 Å². The maximum absolute atomic E-state index is 12.7. The lowest BCUT2D eigenvalue weighted by molar-refractivity contribution is -0.124. The Balaban J connectivity index is 1.76. The molecule has 2 heterocycles. The van der Waals surface area contributed by atoms with E-state index in [4.69, 9.17) is 4.74 Å². The van der Waals surface area contributed by atoms with E-state index in [2.05, 4.69) is 9.97 Å². The molecule has 2 aromatic rings. The Labute approximate surface area is 146 Å². The van der Waals surface area contributed by atoms with E-state index in [-0.39, 0.29) is 17.5 Å². The highest BCUT2D eigenvalue weighted by molar-refractivity contribution is 6.02. The highest BCUT2D eigenvalue weighted by Gasteiger charge is 2.35. The van der Waals surface area contributed by atoms with Crippen LogP contribution in [0.5, 0.6) is 5.75 Å². The van der Waals surface area contributed by atoms with Gasteiger partial charge in [-0.25, -0.2) is 4.98 Å². The van der Waals surface area contributed by atoms with Gasteiger partial charge in [0.15, 0.2) is 0 Å². The number of aryl methyl sites for hydroxylation is 1. The Bertz CT molecular complexity index is 774. The van der Waals surface area contributed by atoms with Crippen LogP contribution in [0.25, 0.3) is 0 Å². The van der Waals surface area contributed by atoms with Crippen LogP contribution < -0.4 is 9.64 Å². The molecular formula is C18H20N4O3. The highest BCUT2D eigenvalue weighted by atomic mass is 16.5. The van der Waals surface area contributed by atoms with Crippen molar-refractivity contribution in [1.29, 1.82) is 0 Å². The van der Waals surface area contributed by atoms with E-state index in [1.165, 1.54) is 6.20 Å². The van der Waals surface area contributed by atoms with Gasteiger partial charge in [-0.1, -0.05) is 0 Å². The molecule has 7 nitrogen and oxygen atoms in total. The number of hydrogen-bond donors (Lipinski definition) is 0. The lowest BCUT2D eigenvalue weighted by atomic mass is 10.1. The highest BCUT2D eigenvalue weighted by Crippen LogP contribution is 2.23. The van der Waals surface area contributed by atoms with Crippen molar-refractivity contribution in [3.63, 3.8) is 0 Å². The number of nitrogens with zero attached hydrogens (tertiary/aromatic N) is 4. The first-order valence-electron chi connectivity index (χ1n) is 8.06. The second-order valence-electron chi connectivity index (χ2n) is 5.91. The number of ether oxygens (including phenoxy) is 1. The van der Waals surface area contributed by atoms with E-state index in [9.17, 15) is 9.59 Å². The third kappa shape index (κ3) is 3.31. The van der Waals surface area contributed by atoms with E-state index in [0.29, 0.717) is 13.1 Å². The maximum Gasteiger partial charge on any atom is 0.274 e. The van der Waals surface area contributed by atoms with Gasteiger partial charge in [0.05, 0.1) is 19.0 Å². The van der Waals surface area contributed by atoms with Crippen molar-refractivity contribution in [2.45, 2.75) is 19.9 Å². The summed E-state index contributed by atoms with van der Waals surface area (Å²) in [6.45, 7) is 4.41. The van der Waals surface area contributed by atoms with Crippen LogP contribution in [0.15, 0.2) is 36.7 Å². The molecular weight excluding hydrogens is 320 g/mol. The Hall–Kier alpha value is -2.96. The number of rotatable bonds is 3. The Morgan fingerprint density at radius 3 is 2.48 bits per heavy atom. The molecule has 0 spiro atoms. The van der Waals surface area contributed by atoms with Crippen molar-refractivity contribution in [2.24, 2.45) is 0 Å². The summed E-state index contributed by atoms with van der Waals surface area (Å²) in [5, 5.41) is 0. The van der Waals surface area contributed by atoms with Gasteiger partial charge in [-0.2, -0.15) is 0 Å². The Morgan fingerprint density at radius 1 is 1.16 bits per heavy atom. The zero-order valence-corrected chi connectivity index (χ0v) is 14.5. The fraction of sp³-hybridized carbons (Fsp3) is 0.333. The molecule has 130 valence electrons. The summed E-state index contributed by atoms with van der Waals surface area (Å²) >= 11 is 0. The van der Waals surface area contributed by atoms with Crippen molar-refractivity contribution in [3.05, 3.63) is 48.0 Å². The monoisotopic (exact) mass is 340 g/mol. The van der Waals surface area contributed by atoms with Gasteiger partial charge in [-0.05, 0) is 38.1 Å². The lowest BCUT2D eigenvalue weighted by Crippen LogP contribution is -2.57. The maximum atomic E-state index is 12.7. The number of aromatic nitrogens is 2. The van der Waals surface area contributed by atoms with Crippen molar-refractivity contribution >= 4 is 17.5 Å². The molecule has 1 saturated heterocycles. The predicted octanol–water partition coefficient (Wildman–Crippen LogP) is 1.67. The SMILES string of the molecule is COc1ccc(N2CCN(C(=O)c3cnc(C)cn3)[C@H](C)C2=O)cc1. The lowest BCUT2D eigenvalue weighted by Gasteiger charge is -2.38. The van der Waals surface area contributed by atoms with Crippen LogP contribution in [-0.2, 0) is 4.79 Å². The van der Waals surface area contributed by atoms with E-state index < -0.39 is 6.04 Å². The minimum atomic E-state index is -0.563. The largest absolute Gasteiger partial charge is 0.497 e. The third-order valence-electron chi connectivity index (χ3n) is 4.30. The zero-order chi connectivity index (χ0) is 18.0. The number of hydrogen-bond acceptors (Lipinski definition) is 5. The van der Waals surface area contributed by atoms with Crippen LogP contribution in [0.2, 0.25) is 0 Å². The number of benzene rings is 1. The molecule has 0 saturated carbocycles. The zero-order valence-electron chi connectivity index (χ0n) is 14.5. The van der Waals surface area contributed by atoms with Crippen molar-refractivity contribution < 1.29 is 14.3 Å². The average Bonchev–Trinajstić information content (AvgIpc) is 2.64. The molecule has 2 amide bonds. The topological polar surface area (TPSA) is 75.6 Å². The van der Waals surface area contributed by atoms with Gasteiger partial charge in [0, 0.05) is 25.0 Å². The minimum absolute atomic E-state index is 0.121. The molecule has 1 atom stereocenters. The first-order chi connectivity index (χ1) is 12.0. The number of piperazine rings is 1. The fourth-order valence-electron chi connectivity index (χ4n) is 2.82. The molecule has 1 aromatic heterocycles. The molecule has 0 N–H and O–H groups in total. The predicted molar refractivity (Wildman–Crippen MR) is 92.6 cm³/mol. The molecule has 1 aromatic carbocycles. The standard InChI is InChI=1S/C18H20N4O3/c1-12-10-20-16(11-19-12)18(24)21-8-9-22(17(23)13(21)2)14-4-6-15(25-3)7-5-14/h4-7,10-11,13H,8-9H2,1-3H3/t13-/m1/s1. The van der Waals surface area contributed by atoms with Crippen molar-refractivity contribution in [3.8, 4) is 5.75 Å². The van der Waals surface area contributed by atoms with Gasteiger partial charge in [0.25, 0.3) is 5.91 Å². The number of carbonyl (C=O) groups is 2. The Kier molecular flexibility index (Phi) is 4.65. The molecule has 25 heavy (non-hydrogen) atoms. The van der Waals surface area contributed by atoms with Crippen molar-refractivity contribution in [2.75, 3.05) is 25.1 Å². The number of carbonyl (C=O) groups excluding carboxylic acids is 2. The van der Waals surface area contributed by atoms with Crippen LogP contribution >= 0.6 is 0 Å². The second kappa shape index (κ2) is 6.88. The van der Waals surface area contributed by atoms with Gasteiger partial charge in [0.1, 0.15) is 17.5 Å². The molecule has 1 aliphatic rings. The second-order valence-corrected chi connectivity index (χ2v) is 5.91. The van der Waals surface area contributed by atoms with Gasteiger partial charge in [-0.15, -0.1) is 0 Å². The normalized spacial score (nSPS) is 17.6. The van der Waals surface area contributed by atoms with Gasteiger partial charge in [0.2, 0.25) is 5.91 Å². The number of amides is 2. The Morgan fingerprint density at radius 2 is 1.88 bits per heavy atom.